The summed E-state index contributed by atoms with van der Waals surface area (Å²) in [7, 11) is 0. The highest BCUT2D eigenvalue weighted by atomic mass is 19.1. The maximum atomic E-state index is 13.8. The highest BCUT2D eigenvalue weighted by molar-refractivity contribution is 5.78. The molecule has 1 fully saturated rings. The smallest absolute Gasteiger partial charge is 0.318 e. The molecule has 1 aromatic heterocycles. The van der Waals surface area contributed by atoms with E-state index in [1.807, 2.05) is 31.2 Å². The third kappa shape index (κ3) is 3.90. The second-order valence-electron chi connectivity index (χ2n) is 6.21. The van der Waals surface area contributed by atoms with Crippen LogP contribution in [-0.2, 0) is 11.2 Å². The number of hydrogen-bond donors (Lipinski definition) is 1. The number of carbonyl (C=O) groups excluding carboxylic acids is 1. The van der Waals surface area contributed by atoms with Crippen LogP contribution in [0.3, 0.4) is 0 Å². The predicted molar refractivity (Wildman–Crippen MR) is 87.6 cm³/mol. The van der Waals surface area contributed by atoms with Crippen molar-refractivity contribution < 1.29 is 13.6 Å². The highest BCUT2D eigenvalue weighted by Gasteiger charge is 2.35. The van der Waals surface area contributed by atoms with Crippen LogP contribution in [0.5, 0.6) is 0 Å². The molecule has 1 N–H and O–H groups in total. The maximum Gasteiger partial charge on any atom is 0.318 e. The van der Waals surface area contributed by atoms with Gasteiger partial charge in [-0.3, -0.25) is 4.79 Å². The van der Waals surface area contributed by atoms with Gasteiger partial charge in [0.15, 0.2) is 0 Å². The van der Waals surface area contributed by atoms with Crippen LogP contribution in [0.1, 0.15) is 23.4 Å². The first-order valence-corrected chi connectivity index (χ1v) is 8.04. The van der Waals surface area contributed by atoms with Gasteiger partial charge in [0.2, 0.25) is 11.8 Å². The van der Waals surface area contributed by atoms with Crippen molar-refractivity contribution in [2.75, 3.05) is 18.0 Å². The molecule has 6 nitrogen and oxygen atoms in total. The summed E-state index contributed by atoms with van der Waals surface area (Å²) >= 11 is 0. The van der Waals surface area contributed by atoms with E-state index in [1.54, 1.807) is 11.8 Å². The lowest BCUT2D eigenvalue weighted by Crippen LogP contribution is -2.40. The summed E-state index contributed by atoms with van der Waals surface area (Å²) in [4.78, 5) is 13.9. The second kappa shape index (κ2) is 6.98. The summed E-state index contributed by atoms with van der Waals surface area (Å²) in [5.41, 5.74) is 2.08. The lowest BCUT2D eigenvalue weighted by atomic mass is 10.1. The molecule has 2 heterocycles. The summed E-state index contributed by atoms with van der Waals surface area (Å²) < 4.78 is 19.2. The Hall–Kier alpha value is -2.44. The fourth-order valence-corrected chi connectivity index (χ4v) is 2.99. The Balaban J connectivity index is 1.57. The zero-order valence-electron chi connectivity index (χ0n) is 13.8. The van der Waals surface area contributed by atoms with Crippen LogP contribution >= 0.6 is 0 Å². The van der Waals surface area contributed by atoms with Crippen molar-refractivity contribution in [1.29, 1.82) is 0 Å². The van der Waals surface area contributed by atoms with E-state index in [9.17, 15) is 9.18 Å². The molecule has 2 aromatic rings. The number of alkyl halides is 1. The molecule has 1 aliphatic heterocycles. The third-order valence-corrected chi connectivity index (χ3v) is 4.11. The minimum absolute atomic E-state index is 0.0791. The fraction of sp³-hybridized carbons (Fsp3) is 0.471. The summed E-state index contributed by atoms with van der Waals surface area (Å²) in [6.45, 7) is 4.25. The molecule has 1 aromatic carbocycles. The summed E-state index contributed by atoms with van der Waals surface area (Å²) in [6.07, 6.45) is -0.310. The first-order valence-electron chi connectivity index (χ1n) is 8.04. The van der Waals surface area contributed by atoms with E-state index in [0.29, 0.717) is 31.3 Å². The number of aromatic nitrogens is 2. The fourth-order valence-electron chi connectivity index (χ4n) is 2.99. The monoisotopic (exact) mass is 332 g/mol. The summed E-state index contributed by atoms with van der Waals surface area (Å²) in [6, 6.07) is 7.97. The van der Waals surface area contributed by atoms with Gasteiger partial charge in [0.25, 0.3) is 0 Å². The molecule has 7 heteroatoms. The molecule has 1 aliphatic rings. The largest absolute Gasteiger partial charge is 0.408 e. The van der Waals surface area contributed by atoms with Crippen molar-refractivity contribution in [3.63, 3.8) is 0 Å². The van der Waals surface area contributed by atoms with Crippen molar-refractivity contribution in [1.82, 2.24) is 15.5 Å². The van der Waals surface area contributed by atoms with Crippen LogP contribution in [0.15, 0.2) is 28.7 Å². The number of anilines is 1. The minimum Gasteiger partial charge on any atom is -0.408 e. The van der Waals surface area contributed by atoms with Crippen molar-refractivity contribution in [3.8, 4) is 0 Å². The molecule has 1 amide bonds. The first kappa shape index (κ1) is 16.4. The van der Waals surface area contributed by atoms with Crippen LogP contribution in [-0.4, -0.2) is 41.4 Å². The van der Waals surface area contributed by atoms with Crippen LogP contribution in [0.25, 0.3) is 0 Å². The number of halogens is 1. The van der Waals surface area contributed by atoms with E-state index in [1.165, 1.54) is 0 Å². The highest BCUT2D eigenvalue weighted by Crippen LogP contribution is 2.25. The second-order valence-corrected chi connectivity index (χ2v) is 6.21. The van der Waals surface area contributed by atoms with Gasteiger partial charge in [0, 0.05) is 19.9 Å². The quantitative estimate of drug-likeness (QED) is 0.906. The number of rotatable bonds is 5. The zero-order chi connectivity index (χ0) is 17.1. The Morgan fingerprint density at radius 1 is 1.42 bits per heavy atom. The van der Waals surface area contributed by atoms with Crippen molar-refractivity contribution >= 4 is 11.9 Å². The number of carbonyl (C=O) groups is 1. The van der Waals surface area contributed by atoms with Crippen LogP contribution in [0.4, 0.5) is 10.4 Å². The molecular formula is C17H21FN4O2. The minimum atomic E-state index is -0.962. The van der Waals surface area contributed by atoms with Gasteiger partial charge in [0.1, 0.15) is 6.17 Å². The standard InChI is InChI=1S/C17H21FN4O2/c1-11-4-3-5-13(6-11)7-16(23)19-9-15-8-14(18)10-22(15)17-21-20-12(2)24-17/h3-6,14-15H,7-10H2,1-2H3,(H,19,23)/t14-,15-/m0/s1. The van der Waals surface area contributed by atoms with E-state index in [2.05, 4.69) is 15.5 Å². The Morgan fingerprint density at radius 2 is 2.25 bits per heavy atom. The van der Waals surface area contributed by atoms with Crippen LogP contribution < -0.4 is 10.2 Å². The van der Waals surface area contributed by atoms with Gasteiger partial charge >= 0.3 is 6.01 Å². The predicted octanol–water partition coefficient (Wildman–Crippen LogP) is 1.96. The van der Waals surface area contributed by atoms with Crippen LogP contribution in [0, 0.1) is 13.8 Å². The van der Waals surface area contributed by atoms with Gasteiger partial charge in [0.05, 0.1) is 19.0 Å². The molecule has 0 bridgehead atoms. The molecule has 3 rings (SSSR count). The van der Waals surface area contributed by atoms with Crippen molar-refractivity contribution in [2.24, 2.45) is 0 Å². The van der Waals surface area contributed by atoms with Gasteiger partial charge in [-0.15, -0.1) is 5.10 Å². The molecule has 24 heavy (non-hydrogen) atoms. The molecule has 128 valence electrons. The Morgan fingerprint density at radius 3 is 2.96 bits per heavy atom. The van der Waals surface area contributed by atoms with E-state index in [4.69, 9.17) is 4.42 Å². The van der Waals surface area contributed by atoms with Crippen LogP contribution in [0.2, 0.25) is 0 Å². The Labute approximate surface area is 140 Å². The van der Waals surface area contributed by atoms with Gasteiger partial charge < -0.3 is 14.6 Å². The Kier molecular flexibility index (Phi) is 4.78. The molecule has 1 saturated heterocycles. The first-order chi connectivity index (χ1) is 11.5. The van der Waals surface area contributed by atoms with E-state index >= 15 is 0 Å². The van der Waals surface area contributed by atoms with Gasteiger partial charge in [-0.1, -0.05) is 34.9 Å². The molecule has 0 saturated carbocycles. The average molecular weight is 332 g/mol. The zero-order valence-corrected chi connectivity index (χ0v) is 13.8. The van der Waals surface area contributed by atoms with E-state index in [-0.39, 0.29) is 18.5 Å². The lowest BCUT2D eigenvalue weighted by molar-refractivity contribution is -0.120. The molecule has 0 aliphatic carbocycles. The molecule has 2 atom stereocenters. The molecule has 0 unspecified atom stereocenters. The number of amides is 1. The molecular weight excluding hydrogens is 311 g/mol. The van der Waals surface area contributed by atoms with Gasteiger partial charge in [-0.05, 0) is 12.5 Å². The SMILES string of the molecule is Cc1cccc(CC(=O)NC[C@@H]2C[C@H](F)CN2c2nnc(C)o2)c1. The third-order valence-electron chi connectivity index (χ3n) is 4.11. The maximum absolute atomic E-state index is 13.8. The van der Waals surface area contributed by atoms with Crippen molar-refractivity contribution in [3.05, 3.63) is 41.3 Å². The normalized spacial score (nSPS) is 20.4. The number of nitrogens with zero attached hydrogens (tertiary/aromatic N) is 3. The molecule has 0 radical (unpaired) electrons. The number of nitrogens with one attached hydrogen (secondary N) is 1. The van der Waals surface area contributed by atoms with E-state index < -0.39 is 6.17 Å². The molecule has 0 spiro atoms. The number of benzene rings is 1. The average Bonchev–Trinajstić information content (AvgIpc) is 3.11. The topological polar surface area (TPSA) is 71.3 Å². The van der Waals surface area contributed by atoms with Gasteiger partial charge in [-0.25, -0.2) is 4.39 Å². The number of aryl methyl sites for hydroxylation is 2. The summed E-state index contributed by atoms with van der Waals surface area (Å²) in [5.74, 6) is 0.360. The summed E-state index contributed by atoms with van der Waals surface area (Å²) in [5, 5.41) is 10.6. The lowest BCUT2D eigenvalue weighted by Gasteiger charge is -2.22. The van der Waals surface area contributed by atoms with E-state index in [0.717, 1.165) is 11.1 Å². The Bertz CT molecular complexity index is 718. The van der Waals surface area contributed by atoms with Gasteiger partial charge in [-0.2, -0.15) is 0 Å². The number of hydrogen-bond acceptors (Lipinski definition) is 5. The van der Waals surface area contributed by atoms with Crippen molar-refractivity contribution in [2.45, 2.75) is 38.9 Å².